The summed E-state index contributed by atoms with van der Waals surface area (Å²) in [4.78, 5) is 13.5. The summed E-state index contributed by atoms with van der Waals surface area (Å²) in [5, 5.41) is 12.2. The first-order valence-corrected chi connectivity index (χ1v) is 6.70. The van der Waals surface area contributed by atoms with Gasteiger partial charge < -0.3 is 15.3 Å². The Hall–Kier alpha value is -0.610. The minimum Gasteiger partial charge on any atom is -0.480 e. The van der Waals surface area contributed by atoms with Crippen LogP contribution in [0.15, 0.2) is 0 Å². The molecule has 1 fully saturated rings. The van der Waals surface area contributed by atoms with Crippen LogP contribution in [0.1, 0.15) is 40.0 Å². The van der Waals surface area contributed by atoms with Crippen molar-refractivity contribution in [3.63, 3.8) is 0 Å². The SMILES string of the molecule is CC1CCCN(CCC(NC(C)C)C(=O)O)C1. The molecule has 0 spiro atoms. The van der Waals surface area contributed by atoms with E-state index in [2.05, 4.69) is 17.1 Å². The molecule has 1 heterocycles. The van der Waals surface area contributed by atoms with Gasteiger partial charge in [0.2, 0.25) is 0 Å². The molecule has 0 bridgehead atoms. The maximum absolute atomic E-state index is 11.1. The molecule has 0 radical (unpaired) electrons. The van der Waals surface area contributed by atoms with Crippen molar-refractivity contribution in [2.24, 2.45) is 5.92 Å². The molecule has 0 aromatic rings. The molecule has 0 aromatic carbocycles. The average molecular weight is 242 g/mol. The molecular formula is C13H26N2O2. The van der Waals surface area contributed by atoms with Gasteiger partial charge in [0.1, 0.15) is 6.04 Å². The van der Waals surface area contributed by atoms with Gasteiger partial charge >= 0.3 is 5.97 Å². The molecule has 1 saturated heterocycles. The fourth-order valence-electron chi connectivity index (χ4n) is 2.48. The summed E-state index contributed by atoms with van der Waals surface area (Å²) >= 11 is 0. The largest absolute Gasteiger partial charge is 0.480 e. The number of nitrogens with zero attached hydrogens (tertiary/aromatic N) is 1. The van der Waals surface area contributed by atoms with Gasteiger partial charge in [-0.15, -0.1) is 0 Å². The lowest BCUT2D eigenvalue weighted by molar-refractivity contribution is -0.140. The van der Waals surface area contributed by atoms with E-state index in [0.29, 0.717) is 6.42 Å². The van der Waals surface area contributed by atoms with Crippen molar-refractivity contribution in [3.8, 4) is 0 Å². The summed E-state index contributed by atoms with van der Waals surface area (Å²) < 4.78 is 0. The number of carboxylic acid groups (broad SMARTS) is 1. The highest BCUT2D eigenvalue weighted by atomic mass is 16.4. The van der Waals surface area contributed by atoms with Gasteiger partial charge in [0.05, 0.1) is 0 Å². The molecular weight excluding hydrogens is 216 g/mol. The van der Waals surface area contributed by atoms with Gasteiger partial charge in [-0.1, -0.05) is 20.8 Å². The highest BCUT2D eigenvalue weighted by Crippen LogP contribution is 2.15. The first kappa shape index (κ1) is 14.5. The van der Waals surface area contributed by atoms with Crippen molar-refractivity contribution < 1.29 is 9.90 Å². The van der Waals surface area contributed by atoms with Crippen LogP contribution < -0.4 is 5.32 Å². The number of carboxylic acids is 1. The van der Waals surface area contributed by atoms with Crippen LogP contribution >= 0.6 is 0 Å². The minimum atomic E-state index is -0.733. The van der Waals surface area contributed by atoms with Crippen molar-refractivity contribution in [2.75, 3.05) is 19.6 Å². The number of aliphatic carboxylic acids is 1. The van der Waals surface area contributed by atoms with E-state index >= 15 is 0 Å². The number of rotatable bonds is 6. The van der Waals surface area contributed by atoms with E-state index < -0.39 is 12.0 Å². The van der Waals surface area contributed by atoms with Gasteiger partial charge in [-0.3, -0.25) is 4.79 Å². The zero-order valence-corrected chi connectivity index (χ0v) is 11.3. The van der Waals surface area contributed by atoms with E-state index in [0.717, 1.165) is 25.6 Å². The third-order valence-electron chi connectivity index (χ3n) is 3.31. The lowest BCUT2D eigenvalue weighted by Crippen LogP contribution is -2.44. The summed E-state index contributed by atoms with van der Waals surface area (Å²) in [5.74, 6) is 0.0221. The Bertz CT molecular complexity index is 244. The van der Waals surface area contributed by atoms with Crippen LogP contribution in [-0.4, -0.2) is 47.7 Å². The van der Waals surface area contributed by atoms with Crippen molar-refractivity contribution in [2.45, 2.75) is 52.1 Å². The van der Waals surface area contributed by atoms with E-state index in [1.54, 1.807) is 0 Å². The van der Waals surface area contributed by atoms with Crippen LogP contribution in [-0.2, 0) is 4.79 Å². The van der Waals surface area contributed by atoms with E-state index in [1.165, 1.54) is 12.8 Å². The summed E-state index contributed by atoms with van der Waals surface area (Å²) in [7, 11) is 0. The van der Waals surface area contributed by atoms with Crippen LogP contribution in [0.25, 0.3) is 0 Å². The summed E-state index contributed by atoms with van der Waals surface area (Å²) in [6, 6.07) is -0.191. The third-order valence-corrected chi connectivity index (χ3v) is 3.31. The Morgan fingerprint density at radius 3 is 2.76 bits per heavy atom. The number of hydrogen-bond donors (Lipinski definition) is 2. The number of carbonyl (C=O) groups is 1. The maximum atomic E-state index is 11.1. The van der Waals surface area contributed by atoms with E-state index in [4.69, 9.17) is 5.11 Å². The summed E-state index contributed by atoms with van der Waals surface area (Å²) in [6.07, 6.45) is 3.25. The predicted octanol–water partition coefficient (Wildman–Crippen LogP) is 1.56. The van der Waals surface area contributed by atoms with Gasteiger partial charge in [-0.2, -0.15) is 0 Å². The fourth-order valence-corrected chi connectivity index (χ4v) is 2.48. The molecule has 2 atom stereocenters. The van der Waals surface area contributed by atoms with Crippen molar-refractivity contribution in [3.05, 3.63) is 0 Å². The smallest absolute Gasteiger partial charge is 0.320 e. The zero-order chi connectivity index (χ0) is 12.8. The molecule has 1 rings (SSSR count). The molecule has 1 aliphatic heterocycles. The first-order valence-electron chi connectivity index (χ1n) is 6.70. The van der Waals surface area contributed by atoms with Gasteiger partial charge in [0, 0.05) is 19.1 Å². The highest BCUT2D eigenvalue weighted by molar-refractivity contribution is 5.73. The standard InChI is InChI=1S/C13H26N2O2/c1-10(2)14-12(13(16)17)6-8-15-7-4-5-11(3)9-15/h10-12,14H,4-9H2,1-3H3,(H,16,17). The topological polar surface area (TPSA) is 52.6 Å². The monoisotopic (exact) mass is 242 g/mol. The number of likely N-dealkylation sites (tertiary alicyclic amines) is 1. The Morgan fingerprint density at radius 2 is 2.24 bits per heavy atom. The van der Waals surface area contributed by atoms with E-state index in [9.17, 15) is 4.79 Å². The summed E-state index contributed by atoms with van der Waals surface area (Å²) in [6.45, 7) is 9.37. The lowest BCUT2D eigenvalue weighted by atomic mass is 10.00. The van der Waals surface area contributed by atoms with Crippen LogP contribution in [0.5, 0.6) is 0 Å². The van der Waals surface area contributed by atoms with Crippen LogP contribution in [0.4, 0.5) is 0 Å². The fraction of sp³-hybridized carbons (Fsp3) is 0.923. The Morgan fingerprint density at radius 1 is 1.53 bits per heavy atom. The molecule has 100 valence electrons. The highest BCUT2D eigenvalue weighted by Gasteiger charge is 2.21. The predicted molar refractivity (Wildman–Crippen MR) is 69.2 cm³/mol. The average Bonchev–Trinajstić information content (AvgIpc) is 2.23. The maximum Gasteiger partial charge on any atom is 0.320 e. The van der Waals surface area contributed by atoms with Crippen LogP contribution in [0, 0.1) is 5.92 Å². The van der Waals surface area contributed by atoms with Crippen molar-refractivity contribution >= 4 is 5.97 Å². The quantitative estimate of drug-likeness (QED) is 0.742. The molecule has 0 aromatic heterocycles. The van der Waals surface area contributed by atoms with Gasteiger partial charge in [-0.05, 0) is 31.7 Å². The van der Waals surface area contributed by atoms with Gasteiger partial charge in [-0.25, -0.2) is 0 Å². The number of piperidine rings is 1. The van der Waals surface area contributed by atoms with Gasteiger partial charge in [0.25, 0.3) is 0 Å². The van der Waals surface area contributed by atoms with E-state index in [1.807, 2.05) is 13.8 Å². The van der Waals surface area contributed by atoms with Crippen LogP contribution in [0.3, 0.4) is 0 Å². The normalized spacial score (nSPS) is 23.9. The number of hydrogen-bond acceptors (Lipinski definition) is 3. The molecule has 0 aliphatic carbocycles. The molecule has 1 aliphatic rings. The number of nitrogens with one attached hydrogen (secondary N) is 1. The van der Waals surface area contributed by atoms with E-state index in [-0.39, 0.29) is 6.04 Å². The molecule has 4 heteroatoms. The lowest BCUT2D eigenvalue weighted by Gasteiger charge is -2.31. The second-order valence-corrected chi connectivity index (χ2v) is 5.55. The Balaban J connectivity index is 2.32. The van der Waals surface area contributed by atoms with Crippen molar-refractivity contribution in [1.29, 1.82) is 0 Å². The molecule has 2 unspecified atom stereocenters. The molecule has 0 amide bonds. The second-order valence-electron chi connectivity index (χ2n) is 5.55. The summed E-state index contributed by atoms with van der Waals surface area (Å²) in [5.41, 5.74) is 0. The first-order chi connectivity index (χ1) is 7.99. The van der Waals surface area contributed by atoms with Crippen LogP contribution in [0.2, 0.25) is 0 Å². The Labute approximate surface area is 104 Å². The van der Waals surface area contributed by atoms with Gasteiger partial charge in [0.15, 0.2) is 0 Å². The minimum absolute atomic E-state index is 0.219. The molecule has 0 saturated carbocycles. The Kier molecular flexibility index (Phi) is 5.92. The van der Waals surface area contributed by atoms with Crippen molar-refractivity contribution in [1.82, 2.24) is 10.2 Å². The molecule has 17 heavy (non-hydrogen) atoms. The third kappa shape index (κ3) is 5.50. The molecule has 2 N–H and O–H groups in total. The zero-order valence-electron chi connectivity index (χ0n) is 11.3. The molecule has 4 nitrogen and oxygen atoms in total. The second kappa shape index (κ2) is 6.97.